The monoisotopic (exact) mass is 357 g/mol. The Morgan fingerprint density at radius 3 is 2.65 bits per heavy atom. The molecular weight excluding hydrogens is 337 g/mol. The van der Waals surface area contributed by atoms with E-state index in [2.05, 4.69) is 20.7 Å². The van der Waals surface area contributed by atoms with Crippen LogP contribution in [0.4, 0.5) is 5.69 Å². The van der Waals surface area contributed by atoms with E-state index in [0.717, 1.165) is 37.3 Å². The first kappa shape index (κ1) is 19.4. The number of rotatable bonds is 3. The molecule has 1 amide bonds. The molecule has 1 aliphatic rings. The van der Waals surface area contributed by atoms with E-state index in [1.165, 1.54) is 0 Å². The van der Waals surface area contributed by atoms with Gasteiger partial charge >= 0.3 is 0 Å². The van der Waals surface area contributed by atoms with E-state index in [1.807, 2.05) is 31.3 Å². The van der Waals surface area contributed by atoms with Crippen LogP contribution in [0.1, 0.15) is 18.5 Å². The van der Waals surface area contributed by atoms with Gasteiger partial charge in [-0.3, -0.25) is 14.5 Å². The molecule has 23 heavy (non-hydrogen) atoms. The fourth-order valence-electron chi connectivity index (χ4n) is 2.79. The molecule has 8 heteroatoms. The SMILES string of the molecule is Cc1cc(NC(=O)C2(n3cccn3)CCNCC2)ccn1.Cl.Cl. The molecule has 0 bridgehead atoms. The molecular formula is C15H21Cl2N5O. The molecule has 2 N–H and O–H groups in total. The summed E-state index contributed by atoms with van der Waals surface area (Å²) in [6, 6.07) is 5.53. The Hall–Kier alpha value is -1.63. The molecule has 0 aromatic carbocycles. The normalized spacial score (nSPS) is 15.9. The number of halogens is 2. The summed E-state index contributed by atoms with van der Waals surface area (Å²) in [5.74, 6) is -0.0155. The highest BCUT2D eigenvalue weighted by molar-refractivity contribution is 5.96. The predicted octanol–water partition coefficient (Wildman–Crippen LogP) is 2.15. The summed E-state index contributed by atoms with van der Waals surface area (Å²) in [6.45, 7) is 3.52. The molecule has 0 atom stereocenters. The summed E-state index contributed by atoms with van der Waals surface area (Å²) >= 11 is 0. The second-order valence-electron chi connectivity index (χ2n) is 5.37. The molecule has 1 saturated heterocycles. The number of amides is 1. The van der Waals surface area contributed by atoms with Crippen LogP contribution >= 0.6 is 24.8 Å². The predicted molar refractivity (Wildman–Crippen MR) is 94.4 cm³/mol. The minimum absolute atomic E-state index is 0. The van der Waals surface area contributed by atoms with Crippen molar-refractivity contribution in [1.82, 2.24) is 20.1 Å². The van der Waals surface area contributed by atoms with Crippen LogP contribution in [0.2, 0.25) is 0 Å². The third-order valence-corrected chi connectivity index (χ3v) is 3.95. The van der Waals surface area contributed by atoms with Crippen molar-refractivity contribution >= 4 is 36.4 Å². The second kappa shape index (κ2) is 8.29. The van der Waals surface area contributed by atoms with Crippen molar-refractivity contribution in [3.63, 3.8) is 0 Å². The molecule has 126 valence electrons. The van der Waals surface area contributed by atoms with Gasteiger partial charge in [-0.1, -0.05) is 0 Å². The van der Waals surface area contributed by atoms with E-state index in [1.54, 1.807) is 17.1 Å². The fourth-order valence-corrected chi connectivity index (χ4v) is 2.79. The fraction of sp³-hybridized carbons (Fsp3) is 0.400. The van der Waals surface area contributed by atoms with Crippen molar-refractivity contribution < 1.29 is 4.79 Å². The summed E-state index contributed by atoms with van der Waals surface area (Å²) < 4.78 is 1.79. The average Bonchev–Trinajstić information content (AvgIpc) is 3.02. The Kier molecular flexibility index (Phi) is 7.00. The third-order valence-electron chi connectivity index (χ3n) is 3.95. The van der Waals surface area contributed by atoms with Crippen LogP contribution in [0.5, 0.6) is 0 Å². The third kappa shape index (κ3) is 4.02. The zero-order chi connectivity index (χ0) is 14.7. The van der Waals surface area contributed by atoms with Crippen molar-refractivity contribution in [2.24, 2.45) is 0 Å². The second-order valence-corrected chi connectivity index (χ2v) is 5.37. The lowest BCUT2D eigenvalue weighted by molar-refractivity contribution is -0.126. The van der Waals surface area contributed by atoms with Crippen LogP contribution in [0.3, 0.4) is 0 Å². The molecule has 0 aliphatic carbocycles. The highest BCUT2D eigenvalue weighted by atomic mass is 35.5. The number of anilines is 1. The summed E-state index contributed by atoms with van der Waals surface area (Å²) in [5.41, 5.74) is 1.04. The van der Waals surface area contributed by atoms with Crippen molar-refractivity contribution in [3.05, 3.63) is 42.5 Å². The molecule has 3 heterocycles. The first-order chi connectivity index (χ1) is 10.2. The minimum Gasteiger partial charge on any atom is -0.324 e. The van der Waals surface area contributed by atoms with E-state index in [4.69, 9.17) is 0 Å². The highest BCUT2D eigenvalue weighted by Crippen LogP contribution is 2.28. The van der Waals surface area contributed by atoms with Gasteiger partial charge in [0.15, 0.2) is 0 Å². The number of carbonyl (C=O) groups is 1. The first-order valence-corrected chi connectivity index (χ1v) is 7.16. The van der Waals surface area contributed by atoms with Crippen LogP contribution in [0.25, 0.3) is 0 Å². The number of hydrogen-bond acceptors (Lipinski definition) is 4. The number of aromatic nitrogens is 3. The van der Waals surface area contributed by atoms with Gasteiger partial charge in [-0.15, -0.1) is 24.8 Å². The van der Waals surface area contributed by atoms with Gasteiger partial charge in [0.05, 0.1) is 0 Å². The smallest absolute Gasteiger partial charge is 0.252 e. The maximum absolute atomic E-state index is 12.9. The van der Waals surface area contributed by atoms with E-state index in [0.29, 0.717) is 0 Å². The highest BCUT2D eigenvalue weighted by Gasteiger charge is 2.41. The molecule has 3 rings (SSSR count). The largest absolute Gasteiger partial charge is 0.324 e. The van der Waals surface area contributed by atoms with Gasteiger partial charge in [-0.2, -0.15) is 5.10 Å². The lowest BCUT2D eigenvalue weighted by Gasteiger charge is -2.36. The first-order valence-electron chi connectivity index (χ1n) is 7.16. The summed E-state index contributed by atoms with van der Waals surface area (Å²) in [4.78, 5) is 17.0. The average molecular weight is 358 g/mol. The van der Waals surface area contributed by atoms with Crippen molar-refractivity contribution in [1.29, 1.82) is 0 Å². The Balaban J connectivity index is 0.00000132. The standard InChI is InChI=1S/C15H19N5O.2ClH/c1-12-11-13(3-7-17-12)19-14(21)15(4-8-16-9-5-15)20-10-2-6-18-20;;/h2-3,6-7,10-11,16H,4-5,8-9H2,1H3,(H,17,19,21);2*1H. The van der Waals surface area contributed by atoms with Gasteiger partial charge < -0.3 is 10.6 Å². The molecule has 2 aromatic rings. The lowest BCUT2D eigenvalue weighted by Crippen LogP contribution is -2.52. The van der Waals surface area contributed by atoms with Crippen LogP contribution < -0.4 is 10.6 Å². The summed E-state index contributed by atoms with van der Waals surface area (Å²) in [5, 5.41) is 10.6. The van der Waals surface area contributed by atoms with E-state index < -0.39 is 5.54 Å². The number of hydrogen-bond donors (Lipinski definition) is 2. The maximum Gasteiger partial charge on any atom is 0.252 e. The van der Waals surface area contributed by atoms with Crippen LogP contribution in [0.15, 0.2) is 36.8 Å². The van der Waals surface area contributed by atoms with Crippen LogP contribution in [-0.2, 0) is 10.3 Å². The van der Waals surface area contributed by atoms with Crippen molar-refractivity contribution in [2.45, 2.75) is 25.3 Å². The molecule has 0 unspecified atom stereocenters. The molecule has 1 fully saturated rings. The van der Waals surface area contributed by atoms with Crippen molar-refractivity contribution in [3.8, 4) is 0 Å². The molecule has 6 nitrogen and oxygen atoms in total. The van der Waals surface area contributed by atoms with E-state index in [9.17, 15) is 4.79 Å². The number of pyridine rings is 1. The minimum atomic E-state index is -0.619. The molecule has 0 spiro atoms. The van der Waals surface area contributed by atoms with Gasteiger partial charge in [0.25, 0.3) is 5.91 Å². The number of nitrogens with one attached hydrogen (secondary N) is 2. The van der Waals surface area contributed by atoms with Gasteiger partial charge in [-0.25, -0.2) is 0 Å². The molecule has 1 aliphatic heterocycles. The van der Waals surface area contributed by atoms with E-state index >= 15 is 0 Å². The number of aryl methyl sites for hydroxylation is 1. The number of piperidine rings is 1. The Bertz CT molecular complexity index is 627. The topological polar surface area (TPSA) is 71.8 Å². The molecule has 2 aromatic heterocycles. The summed E-state index contributed by atoms with van der Waals surface area (Å²) in [7, 11) is 0. The van der Waals surface area contributed by atoms with Gasteiger partial charge in [0.1, 0.15) is 5.54 Å². The van der Waals surface area contributed by atoms with Gasteiger partial charge in [0, 0.05) is 30.0 Å². The number of nitrogens with zero attached hydrogens (tertiary/aromatic N) is 3. The zero-order valence-electron chi connectivity index (χ0n) is 12.9. The number of carbonyl (C=O) groups excluding carboxylic acids is 1. The maximum atomic E-state index is 12.9. The van der Waals surface area contributed by atoms with E-state index in [-0.39, 0.29) is 30.7 Å². The Morgan fingerprint density at radius 2 is 2.04 bits per heavy atom. The van der Waals surface area contributed by atoms with Crippen LogP contribution in [0, 0.1) is 6.92 Å². The van der Waals surface area contributed by atoms with Crippen molar-refractivity contribution in [2.75, 3.05) is 18.4 Å². The van der Waals surface area contributed by atoms with Gasteiger partial charge in [-0.05, 0) is 51.1 Å². The zero-order valence-corrected chi connectivity index (χ0v) is 14.5. The van der Waals surface area contributed by atoms with Gasteiger partial charge in [0.2, 0.25) is 0 Å². The quantitative estimate of drug-likeness (QED) is 0.882. The van der Waals surface area contributed by atoms with Crippen LogP contribution in [-0.4, -0.2) is 33.8 Å². The molecule has 0 saturated carbocycles. The lowest BCUT2D eigenvalue weighted by atomic mass is 9.87. The Labute approximate surface area is 147 Å². The molecule has 0 radical (unpaired) electrons. The Morgan fingerprint density at radius 1 is 1.30 bits per heavy atom. The summed E-state index contributed by atoms with van der Waals surface area (Å²) in [6.07, 6.45) is 6.74.